The Morgan fingerprint density at radius 3 is 2.62 bits per heavy atom. The highest BCUT2D eigenvalue weighted by atomic mass is 16.1. The average Bonchev–Trinajstić information content (AvgIpc) is 2.98. The van der Waals surface area contributed by atoms with Crippen LogP contribution in [0.5, 0.6) is 0 Å². The lowest BCUT2D eigenvalue weighted by Crippen LogP contribution is -2.29. The SMILES string of the molecule is Cc1cc(=O)n(C)c2c1C(=O)C(c1c[nH]c3ccccc13)=CC2=O. The van der Waals surface area contributed by atoms with Crippen LogP contribution >= 0.6 is 0 Å². The van der Waals surface area contributed by atoms with Gasteiger partial charge in [0.15, 0.2) is 5.78 Å². The van der Waals surface area contributed by atoms with E-state index in [0.717, 1.165) is 10.9 Å². The van der Waals surface area contributed by atoms with Crippen molar-refractivity contribution < 1.29 is 9.59 Å². The number of aromatic nitrogens is 2. The molecule has 0 bridgehead atoms. The van der Waals surface area contributed by atoms with E-state index in [9.17, 15) is 14.4 Å². The molecule has 0 fully saturated rings. The number of nitrogens with one attached hydrogen (secondary N) is 1. The number of hydrogen-bond acceptors (Lipinski definition) is 3. The van der Waals surface area contributed by atoms with Gasteiger partial charge < -0.3 is 9.55 Å². The summed E-state index contributed by atoms with van der Waals surface area (Å²) in [6, 6.07) is 9.00. The highest BCUT2D eigenvalue weighted by molar-refractivity contribution is 6.39. The van der Waals surface area contributed by atoms with Crippen molar-refractivity contribution in [1.29, 1.82) is 0 Å². The van der Waals surface area contributed by atoms with E-state index in [1.807, 2.05) is 24.3 Å². The number of carbonyl (C=O) groups is 2. The van der Waals surface area contributed by atoms with Crippen molar-refractivity contribution in [3.05, 3.63) is 75.3 Å². The number of benzene rings is 1. The largest absolute Gasteiger partial charge is 0.361 e. The van der Waals surface area contributed by atoms with E-state index in [1.54, 1.807) is 13.1 Å². The third-order valence-electron chi connectivity index (χ3n) is 4.50. The molecule has 0 amide bonds. The van der Waals surface area contributed by atoms with Crippen molar-refractivity contribution in [3.8, 4) is 0 Å². The maximum absolute atomic E-state index is 13.0. The first kappa shape index (κ1) is 14.4. The molecule has 0 spiro atoms. The summed E-state index contributed by atoms with van der Waals surface area (Å²) in [7, 11) is 1.51. The molecule has 5 heteroatoms. The van der Waals surface area contributed by atoms with Crippen molar-refractivity contribution in [2.24, 2.45) is 7.05 Å². The van der Waals surface area contributed by atoms with Crippen molar-refractivity contribution in [3.63, 3.8) is 0 Å². The standard InChI is InChI=1S/C19H14N2O3/c1-10-7-16(23)21(2)18-15(22)8-12(19(24)17(10)18)13-9-20-14-6-4-3-5-11(13)14/h3-9,20H,1-2H3. The summed E-state index contributed by atoms with van der Waals surface area (Å²) in [5.41, 5.74) is 2.65. The third-order valence-corrected chi connectivity index (χ3v) is 4.50. The molecule has 3 aromatic rings. The summed E-state index contributed by atoms with van der Waals surface area (Å²) in [6.45, 7) is 1.68. The zero-order valence-electron chi connectivity index (χ0n) is 13.2. The van der Waals surface area contributed by atoms with Crippen LogP contribution in [0.25, 0.3) is 16.5 Å². The normalized spacial score (nSPS) is 14.0. The molecule has 0 radical (unpaired) electrons. The van der Waals surface area contributed by atoms with Crippen molar-refractivity contribution in [2.75, 3.05) is 0 Å². The number of H-pyrrole nitrogens is 1. The number of carbonyl (C=O) groups excluding carboxylic acids is 2. The van der Waals surface area contributed by atoms with Gasteiger partial charge in [-0.15, -0.1) is 0 Å². The molecule has 0 saturated carbocycles. The van der Waals surface area contributed by atoms with Crippen LogP contribution in [-0.4, -0.2) is 21.1 Å². The van der Waals surface area contributed by atoms with Gasteiger partial charge in [0.25, 0.3) is 5.56 Å². The van der Waals surface area contributed by atoms with Crippen LogP contribution in [0.2, 0.25) is 0 Å². The van der Waals surface area contributed by atoms with Crippen LogP contribution < -0.4 is 5.56 Å². The van der Waals surface area contributed by atoms with Gasteiger partial charge in [-0.3, -0.25) is 14.4 Å². The van der Waals surface area contributed by atoms with Gasteiger partial charge in [0.05, 0.1) is 5.56 Å². The van der Waals surface area contributed by atoms with Crippen LogP contribution in [0.15, 0.2) is 47.4 Å². The Hall–Kier alpha value is -3.21. The number of rotatable bonds is 1. The molecule has 0 saturated heterocycles. The van der Waals surface area contributed by atoms with E-state index in [1.165, 1.54) is 23.8 Å². The smallest absolute Gasteiger partial charge is 0.251 e. The minimum absolute atomic E-state index is 0.161. The third kappa shape index (κ3) is 1.84. The number of para-hydroxylation sites is 1. The van der Waals surface area contributed by atoms with Crippen molar-refractivity contribution in [2.45, 2.75) is 6.92 Å². The zero-order chi connectivity index (χ0) is 17.0. The van der Waals surface area contributed by atoms with Gasteiger partial charge in [-0.05, 0) is 24.6 Å². The fraction of sp³-hybridized carbons (Fsp3) is 0.105. The fourth-order valence-corrected chi connectivity index (χ4v) is 3.29. The number of Topliss-reactive ketones (excluding diaryl/α,β-unsaturated/α-hetero) is 1. The monoisotopic (exact) mass is 318 g/mol. The molecule has 2 aromatic heterocycles. The molecule has 1 aliphatic rings. The Balaban J connectivity index is 2.00. The summed E-state index contributed by atoms with van der Waals surface area (Å²) < 4.78 is 1.24. The topological polar surface area (TPSA) is 71.9 Å². The lowest BCUT2D eigenvalue weighted by atomic mass is 9.86. The second kappa shape index (κ2) is 4.89. The second-order valence-corrected chi connectivity index (χ2v) is 5.95. The quantitative estimate of drug-likeness (QED) is 0.749. The molecule has 1 N–H and O–H groups in total. The number of allylic oxidation sites excluding steroid dienone is 2. The molecule has 118 valence electrons. The number of hydrogen-bond donors (Lipinski definition) is 1. The fourth-order valence-electron chi connectivity index (χ4n) is 3.29. The first-order valence-corrected chi connectivity index (χ1v) is 7.57. The molecule has 1 aromatic carbocycles. The Morgan fingerprint density at radius 1 is 1.08 bits per heavy atom. The second-order valence-electron chi connectivity index (χ2n) is 5.95. The molecular weight excluding hydrogens is 304 g/mol. The van der Waals surface area contributed by atoms with Crippen LogP contribution in [0, 0.1) is 6.92 Å². The van der Waals surface area contributed by atoms with E-state index in [-0.39, 0.29) is 22.8 Å². The Morgan fingerprint density at radius 2 is 1.83 bits per heavy atom. The van der Waals surface area contributed by atoms with Gasteiger partial charge in [0.2, 0.25) is 5.78 Å². The maximum Gasteiger partial charge on any atom is 0.251 e. The van der Waals surface area contributed by atoms with Crippen LogP contribution in [0.4, 0.5) is 0 Å². The number of aromatic amines is 1. The first-order valence-electron chi connectivity index (χ1n) is 7.57. The molecule has 0 atom stereocenters. The lowest BCUT2D eigenvalue weighted by Gasteiger charge is -2.19. The number of pyridine rings is 1. The molecule has 1 aliphatic carbocycles. The summed E-state index contributed by atoms with van der Waals surface area (Å²) in [4.78, 5) is 40.7. The molecule has 0 unspecified atom stereocenters. The van der Waals surface area contributed by atoms with Crippen molar-refractivity contribution >= 4 is 28.0 Å². The summed E-state index contributed by atoms with van der Waals surface area (Å²) in [5, 5.41) is 0.885. The van der Waals surface area contributed by atoms with E-state index in [4.69, 9.17) is 0 Å². The predicted octanol–water partition coefficient (Wildman–Crippen LogP) is 2.64. The number of nitrogens with zero attached hydrogens (tertiary/aromatic N) is 1. The summed E-state index contributed by atoms with van der Waals surface area (Å²) in [5.74, 6) is -0.560. The van der Waals surface area contributed by atoms with Crippen LogP contribution in [0.1, 0.15) is 32.0 Å². The lowest BCUT2D eigenvalue weighted by molar-refractivity contribution is 0.0993. The van der Waals surface area contributed by atoms with E-state index < -0.39 is 0 Å². The average molecular weight is 318 g/mol. The van der Waals surface area contributed by atoms with E-state index >= 15 is 0 Å². The van der Waals surface area contributed by atoms with Gasteiger partial charge in [0, 0.05) is 41.4 Å². The molecule has 4 rings (SSSR count). The Kier molecular flexibility index (Phi) is 2.93. The summed E-state index contributed by atoms with van der Waals surface area (Å²) in [6.07, 6.45) is 3.07. The molecule has 24 heavy (non-hydrogen) atoms. The van der Waals surface area contributed by atoms with Gasteiger partial charge >= 0.3 is 0 Å². The Bertz CT molecular complexity index is 1130. The minimum Gasteiger partial charge on any atom is -0.361 e. The van der Waals surface area contributed by atoms with Gasteiger partial charge in [-0.25, -0.2) is 0 Å². The molecule has 0 aliphatic heterocycles. The number of ketones is 2. The number of aryl methyl sites for hydroxylation is 1. The Labute approximate surface area is 137 Å². The first-order chi connectivity index (χ1) is 11.5. The molecule has 5 nitrogen and oxygen atoms in total. The highest BCUT2D eigenvalue weighted by Gasteiger charge is 2.31. The number of fused-ring (bicyclic) bond motifs is 2. The van der Waals surface area contributed by atoms with E-state index in [0.29, 0.717) is 22.3 Å². The molecule has 2 heterocycles. The molecular formula is C19H14N2O3. The zero-order valence-corrected chi connectivity index (χ0v) is 13.2. The van der Waals surface area contributed by atoms with E-state index in [2.05, 4.69) is 4.98 Å². The van der Waals surface area contributed by atoms with Gasteiger partial charge in [0.1, 0.15) is 5.69 Å². The predicted molar refractivity (Wildman–Crippen MR) is 91.4 cm³/mol. The maximum atomic E-state index is 13.0. The van der Waals surface area contributed by atoms with Crippen LogP contribution in [-0.2, 0) is 7.05 Å². The summed E-state index contributed by atoms with van der Waals surface area (Å²) >= 11 is 0. The van der Waals surface area contributed by atoms with Crippen LogP contribution in [0.3, 0.4) is 0 Å². The van der Waals surface area contributed by atoms with Gasteiger partial charge in [-0.1, -0.05) is 18.2 Å². The minimum atomic E-state index is -0.326. The van der Waals surface area contributed by atoms with Crippen molar-refractivity contribution in [1.82, 2.24) is 9.55 Å². The highest BCUT2D eigenvalue weighted by Crippen LogP contribution is 2.32. The van der Waals surface area contributed by atoms with Gasteiger partial charge in [-0.2, -0.15) is 0 Å².